The average Bonchev–Trinajstić information content (AvgIpc) is 2.18. The van der Waals surface area contributed by atoms with Crippen LogP contribution in [0.4, 0.5) is 0 Å². The number of rotatable bonds is 6. The molecule has 9 nitrogen and oxygen atoms in total. The first-order valence-corrected chi connectivity index (χ1v) is 3.87. The topological polar surface area (TPSA) is 133 Å². The van der Waals surface area contributed by atoms with Gasteiger partial charge in [-0.15, -0.1) is 0 Å². The second-order valence-corrected chi connectivity index (χ2v) is 2.73. The molecule has 0 rings (SSSR count). The average molecular weight is 222 g/mol. The van der Waals surface area contributed by atoms with E-state index in [1.807, 2.05) is 0 Å². The highest BCUT2D eigenvalue weighted by Crippen LogP contribution is 2.17. The molecule has 9 heteroatoms. The first-order chi connectivity index (χ1) is 6.90. The van der Waals surface area contributed by atoms with Crippen LogP contribution in [0.5, 0.6) is 0 Å². The molecular formula is C6H10N2O7. The van der Waals surface area contributed by atoms with E-state index in [9.17, 15) is 25.0 Å². The van der Waals surface area contributed by atoms with E-state index in [4.69, 9.17) is 5.11 Å². The van der Waals surface area contributed by atoms with E-state index in [2.05, 4.69) is 4.74 Å². The standard InChI is InChI=1S/C6H10N2O7/c1-15-5(10)2-3-6(4-9,7(11)12)8(13)14/h9H,2-4H2,1H3. The lowest BCUT2D eigenvalue weighted by molar-refractivity contribution is -0.799. The molecule has 0 heterocycles. The van der Waals surface area contributed by atoms with Crippen molar-refractivity contribution in [3.8, 4) is 0 Å². The summed E-state index contributed by atoms with van der Waals surface area (Å²) in [7, 11) is 1.06. The fourth-order valence-corrected chi connectivity index (χ4v) is 0.848. The van der Waals surface area contributed by atoms with Gasteiger partial charge in [0.25, 0.3) is 0 Å². The Balaban J connectivity index is 4.72. The summed E-state index contributed by atoms with van der Waals surface area (Å²) in [5.74, 6) is -0.809. The Kier molecular flexibility index (Phi) is 4.58. The molecule has 0 bridgehead atoms. The van der Waals surface area contributed by atoms with Gasteiger partial charge in [0.2, 0.25) is 0 Å². The molecule has 15 heavy (non-hydrogen) atoms. The Labute approximate surface area is 83.9 Å². The number of hydrogen-bond acceptors (Lipinski definition) is 7. The van der Waals surface area contributed by atoms with Crippen molar-refractivity contribution in [1.82, 2.24) is 0 Å². The van der Waals surface area contributed by atoms with E-state index < -0.39 is 40.9 Å². The Morgan fingerprint density at radius 3 is 2.13 bits per heavy atom. The van der Waals surface area contributed by atoms with Crippen LogP contribution >= 0.6 is 0 Å². The monoisotopic (exact) mass is 222 g/mol. The van der Waals surface area contributed by atoms with Gasteiger partial charge in [0.15, 0.2) is 6.61 Å². The van der Waals surface area contributed by atoms with Gasteiger partial charge < -0.3 is 9.84 Å². The van der Waals surface area contributed by atoms with E-state index in [1.54, 1.807) is 0 Å². The highest BCUT2D eigenvalue weighted by atomic mass is 16.7. The van der Waals surface area contributed by atoms with Crippen molar-refractivity contribution in [2.45, 2.75) is 18.5 Å². The highest BCUT2D eigenvalue weighted by molar-refractivity contribution is 5.69. The van der Waals surface area contributed by atoms with Gasteiger partial charge in [0.05, 0.1) is 13.5 Å². The molecule has 0 saturated carbocycles. The van der Waals surface area contributed by atoms with Crippen molar-refractivity contribution in [3.63, 3.8) is 0 Å². The molecule has 0 radical (unpaired) electrons. The normalized spacial score (nSPS) is 10.8. The smallest absolute Gasteiger partial charge is 0.469 e. The third kappa shape index (κ3) is 2.84. The van der Waals surface area contributed by atoms with Crippen molar-refractivity contribution in [1.29, 1.82) is 0 Å². The van der Waals surface area contributed by atoms with E-state index in [1.165, 1.54) is 0 Å². The lowest BCUT2D eigenvalue weighted by atomic mass is 10.1. The maximum atomic E-state index is 10.7. The van der Waals surface area contributed by atoms with E-state index in [-0.39, 0.29) is 0 Å². The molecule has 0 atom stereocenters. The quantitative estimate of drug-likeness (QED) is 0.268. The number of methoxy groups -OCH3 is 1. The van der Waals surface area contributed by atoms with Gasteiger partial charge in [-0.1, -0.05) is 0 Å². The van der Waals surface area contributed by atoms with Gasteiger partial charge in [-0.3, -0.25) is 25.0 Å². The Morgan fingerprint density at radius 1 is 1.40 bits per heavy atom. The van der Waals surface area contributed by atoms with Gasteiger partial charge in [-0.25, -0.2) is 0 Å². The third-order valence-electron chi connectivity index (χ3n) is 1.89. The summed E-state index contributed by atoms with van der Waals surface area (Å²) in [5.41, 5.74) is -2.73. The zero-order chi connectivity index (χ0) is 12.1. The van der Waals surface area contributed by atoms with Crippen LogP contribution in [-0.4, -0.2) is 40.3 Å². The minimum Gasteiger partial charge on any atom is -0.469 e. The second-order valence-electron chi connectivity index (χ2n) is 2.73. The van der Waals surface area contributed by atoms with Gasteiger partial charge in [-0.2, -0.15) is 0 Å². The molecule has 0 aromatic rings. The number of ether oxygens (including phenoxy) is 1. The summed E-state index contributed by atoms with van der Waals surface area (Å²) in [6.07, 6.45) is -1.21. The predicted molar refractivity (Wildman–Crippen MR) is 45.1 cm³/mol. The lowest BCUT2D eigenvalue weighted by Crippen LogP contribution is -2.49. The van der Waals surface area contributed by atoms with Crippen LogP contribution in [0.15, 0.2) is 0 Å². The van der Waals surface area contributed by atoms with E-state index in [0.29, 0.717) is 0 Å². The summed E-state index contributed by atoms with van der Waals surface area (Å²) in [4.78, 5) is 29.1. The van der Waals surface area contributed by atoms with Crippen molar-refractivity contribution in [2.75, 3.05) is 13.7 Å². The van der Waals surface area contributed by atoms with Gasteiger partial charge >= 0.3 is 11.6 Å². The number of hydrogen-bond donors (Lipinski definition) is 1. The van der Waals surface area contributed by atoms with Crippen molar-refractivity contribution >= 4 is 5.97 Å². The fourth-order valence-electron chi connectivity index (χ4n) is 0.848. The van der Waals surface area contributed by atoms with Crippen LogP contribution in [0.1, 0.15) is 12.8 Å². The molecule has 0 saturated heterocycles. The van der Waals surface area contributed by atoms with Crippen LogP contribution in [0.2, 0.25) is 0 Å². The maximum absolute atomic E-state index is 10.7. The zero-order valence-electron chi connectivity index (χ0n) is 7.91. The molecule has 0 aliphatic heterocycles. The largest absolute Gasteiger partial charge is 0.481 e. The van der Waals surface area contributed by atoms with Crippen LogP contribution in [0.3, 0.4) is 0 Å². The van der Waals surface area contributed by atoms with Crippen molar-refractivity contribution in [3.05, 3.63) is 20.2 Å². The zero-order valence-corrected chi connectivity index (χ0v) is 7.91. The number of aliphatic hydroxyl groups excluding tert-OH is 1. The van der Waals surface area contributed by atoms with Crippen molar-refractivity contribution < 1.29 is 24.5 Å². The van der Waals surface area contributed by atoms with E-state index in [0.717, 1.165) is 7.11 Å². The molecule has 0 fully saturated rings. The van der Waals surface area contributed by atoms with Gasteiger partial charge in [0.1, 0.15) is 16.3 Å². The molecule has 0 unspecified atom stereocenters. The fraction of sp³-hybridized carbons (Fsp3) is 0.833. The van der Waals surface area contributed by atoms with Gasteiger partial charge in [-0.05, 0) is 0 Å². The molecule has 1 N–H and O–H groups in total. The molecule has 0 aromatic carbocycles. The summed E-state index contributed by atoms with van der Waals surface area (Å²) in [6, 6.07) is 0. The predicted octanol–water partition coefficient (Wildman–Crippen LogP) is -0.818. The molecule has 0 aliphatic carbocycles. The minimum atomic E-state index is -2.73. The number of aliphatic hydroxyl groups is 1. The molecule has 0 aliphatic rings. The summed E-state index contributed by atoms with van der Waals surface area (Å²) < 4.78 is 4.18. The number of esters is 1. The number of nitro groups is 2. The van der Waals surface area contributed by atoms with E-state index >= 15 is 0 Å². The van der Waals surface area contributed by atoms with Crippen LogP contribution in [-0.2, 0) is 9.53 Å². The first kappa shape index (κ1) is 13.2. The second kappa shape index (κ2) is 5.20. The Bertz CT molecular complexity index is 263. The summed E-state index contributed by atoms with van der Waals surface area (Å²) in [6.45, 7) is -1.27. The van der Waals surface area contributed by atoms with Gasteiger partial charge in [0, 0.05) is 0 Å². The molecule has 0 amide bonds. The SMILES string of the molecule is COC(=O)CCC(CO)([N+](=O)[O-])[N+](=O)[O-]. The summed E-state index contributed by atoms with van der Waals surface area (Å²) in [5, 5.41) is 29.6. The highest BCUT2D eigenvalue weighted by Gasteiger charge is 2.55. The first-order valence-electron chi connectivity index (χ1n) is 3.87. The van der Waals surface area contributed by atoms with Crippen LogP contribution in [0.25, 0.3) is 0 Å². The van der Waals surface area contributed by atoms with Crippen LogP contribution < -0.4 is 0 Å². The molecule has 0 spiro atoms. The lowest BCUT2D eigenvalue weighted by Gasteiger charge is -2.13. The van der Waals surface area contributed by atoms with Crippen molar-refractivity contribution in [2.24, 2.45) is 0 Å². The van der Waals surface area contributed by atoms with Crippen LogP contribution in [0, 0.1) is 20.2 Å². The molecular weight excluding hydrogens is 212 g/mol. The number of carbonyl (C=O) groups excluding carboxylic acids is 1. The maximum Gasteiger partial charge on any atom is 0.481 e. The Morgan fingerprint density at radius 2 is 1.87 bits per heavy atom. The number of nitrogens with zero attached hydrogens (tertiary/aromatic N) is 2. The molecule has 0 aromatic heterocycles. The summed E-state index contributed by atoms with van der Waals surface area (Å²) >= 11 is 0. The minimum absolute atomic E-state index is 0.501. The number of carbonyl (C=O) groups is 1. The Hall–Kier alpha value is -1.77. The third-order valence-corrected chi connectivity index (χ3v) is 1.89. The molecule has 86 valence electrons.